The molecular formula is C17H23NO4S. The molecule has 2 aliphatic heterocycles. The lowest BCUT2D eigenvalue weighted by Gasteiger charge is -2.33. The molecule has 1 aromatic carbocycles. The summed E-state index contributed by atoms with van der Waals surface area (Å²) in [4.78, 5) is 14.7. The molecule has 0 spiro atoms. The molecule has 2 unspecified atom stereocenters. The van der Waals surface area contributed by atoms with E-state index >= 15 is 0 Å². The maximum atomic E-state index is 12.9. The summed E-state index contributed by atoms with van der Waals surface area (Å²) in [7, 11) is -3.00. The second kappa shape index (κ2) is 6.51. The number of ether oxygens (including phenoxy) is 1. The van der Waals surface area contributed by atoms with Crippen molar-refractivity contribution in [3.63, 3.8) is 0 Å². The van der Waals surface area contributed by atoms with Gasteiger partial charge in [0.15, 0.2) is 9.84 Å². The predicted octanol–water partition coefficient (Wildman–Crippen LogP) is 1.66. The molecule has 1 amide bonds. The molecule has 1 fully saturated rings. The van der Waals surface area contributed by atoms with Crippen molar-refractivity contribution in [1.82, 2.24) is 4.90 Å². The van der Waals surface area contributed by atoms with Gasteiger partial charge < -0.3 is 9.64 Å². The van der Waals surface area contributed by atoms with Gasteiger partial charge in [-0.1, -0.05) is 25.1 Å². The number of sulfone groups is 1. The first-order valence-electron chi connectivity index (χ1n) is 8.22. The zero-order valence-corrected chi connectivity index (χ0v) is 14.2. The quantitative estimate of drug-likeness (QED) is 0.838. The SMILES string of the molecule is CCCN(C(=O)C1COc2ccccc2C1)C1CCS(=O)(=O)C1. The minimum atomic E-state index is -3.00. The normalized spacial score (nSPS) is 25.4. The van der Waals surface area contributed by atoms with Gasteiger partial charge in [-0.25, -0.2) is 8.42 Å². The molecule has 0 aliphatic carbocycles. The van der Waals surface area contributed by atoms with Gasteiger partial charge >= 0.3 is 0 Å². The van der Waals surface area contributed by atoms with Gasteiger partial charge in [0, 0.05) is 12.6 Å². The van der Waals surface area contributed by atoms with E-state index in [0.29, 0.717) is 26.0 Å². The molecular weight excluding hydrogens is 314 g/mol. The largest absolute Gasteiger partial charge is 0.492 e. The van der Waals surface area contributed by atoms with Crippen LogP contribution in [-0.4, -0.2) is 49.9 Å². The fourth-order valence-electron chi connectivity index (χ4n) is 3.46. The number of carbonyl (C=O) groups excluding carboxylic acids is 1. The van der Waals surface area contributed by atoms with E-state index in [1.54, 1.807) is 4.90 Å². The van der Waals surface area contributed by atoms with E-state index in [0.717, 1.165) is 17.7 Å². The number of para-hydroxylation sites is 1. The van der Waals surface area contributed by atoms with Crippen molar-refractivity contribution in [2.45, 2.75) is 32.2 Å². The third kappa shape index (κ3) is 3.52. The Balaban J connectivity index is 1.75. The summed E-state index contributed by atoms with van der Waals surface area (Å²) >= 11 is 0. The number of rotatable bonds is 4. The monoisotopic (exact) mass is 337 g/mol. The number of fused-ring (bicyclic) bond motifs is 1. The van der Waals surface area contributed by atoms with E-state index in [4.69, 9.17) is 4.74 Å². The topological polar surface area (TPSA) is 63.7 Å². The molecule has 2 atom stereocenters. The Morgan fingerprint density at radius 1 is 1.35 bits per heavy atom. The Morgan fingerprint density at radius 3 is 2.83 bits per heavy atom. The highest BCUT2D eigenvalue weighted by Gasteiger charge is 2.37. The van der Waals surface area contributed by atoms with Gasteiger partial charge in [-0.2, -0.15) is 0 Å². The first-order chi connectivity index (χ1) is 11.0. The molecule has 0 saturated carbocycles. The lowest BCUT2D eigenvalue weighted by atomic mass is 9.95. The van der Waals surface area contributed by atoms with E-state index in [1.807, 2.05) is 31.2 Å². The molecule has 1 aromatic rings. The molecule has 6 heteroatoms. The van der Waals surface area contributed by atoms with E-state index in [1.165, 1.54) is 0 Å². The maximum Gasteiger partial charge on any atom is 0.229 e. The van der Waals surface area contributed by atoms with Crippen molar-refractivity contribution in [3.05, 3.63) is 29.8 Å². The summed E-state index contributed by atoms with van der Waals surface area (Å²) in [5.41, 5.74) is 1.05. The number of amides is 1. The summed E-state index contributed by atoms with van der Waals surface area (Å²) in [6.45, 7) is 2.99. The zero-order valence-electron chi connectivity index (χ0n) is 13.4. The van der Waals surface area contributed by atoms with Crippen LogP contribution >= 0.6 is 0 Å². The first kappa shape index (κ1) is 16.3. The van der Waals surface area contributed by atoms with Gasteiger partial charge in [0.2, 0.25) is 5.91 Å². The second-order valence-corrected chi connectivity index (χ2v) is 8.64. The summed E-state index contributed by atoms with van der Waals surface area (Å²) in [5, 5.41) is 0. The Kier molecular flexibility index (Phi) is 4.62. The smallest absolute Gasteiger partial charge is 0.229 e. The van der Waals surface area contributed by atoms with Crippen molar-refractivity contribution in [3.8, 4) is 5.75 Å². The van der Waals surface area contributed by atoms with Crippen LogP contribution < -0.4 is 4.74 Å². The van der Waals surface area contributed by atoms with E-state index in [2.05, 4.69) is 0 Å². The van der Waals surface area contributed by atoms with Gasteiger partial charge in [0.1, 0.15) is 12.4 Å². The molecule has 23 heavy (non-hydrogen) atoms. The minimum Gasteiger partial charge on any atom is -0.492 e. The van der Waals surface area contributed by atoms with Gasteiger partial charge in [0.05, 0.1) is 17.4 Å². The van der Waals surface area contributed by atoms with Crippen molar-refractivity contribution in [1.29, 1.82) is 0 Å². The van der Waals surface area contributed by atoms with Crippen molar-refractivity contribution in [2.24, 2.45) is 5.92 Å². The van der Waals surface area contributed by atoms with Crippen molar-refractivity contribution >= 4 is 15.7 Å². The number of hydrogen-bond donors (Lipinski definition) is 0. The lowest BCUT2D eigenvalue weighted by molar-refractivity contribution is -0.138. The van der Waals surface area contributed by atoms with E-state index in [-0.39, 0.29) is 29.4 Å². The zero-order chi connectivity index (χ0) is 16.4. The minimum absolute atomic E-state index is 0.0310. The standard InChI is InChI=1S/C17H23NO4S/c1-2-8-18(15-7-9-23(20,21)12-15)17(19)14-10-13-5-3-4-6-16(13)22-11-14/h3-6,14-15H,2,7-12H2,1H3. The van der Waals surface area contributed by atoms with Crippen LogP contribution in [0.15, 0.2) is 24.3 Å². The Bertz CT molecular complexity index is 686. The summed E-state index contributed by atoms with van der Waals surface area (Å²) in [6.07, 6.45) is 2.04. The maximum absolute atomic E-state index is 12.9. The van der Waals surface area contributed by atoms with Crippen LogP contribution in [0, 0.1) is 5.92 Å². The van der Waals surface area contributed by atoms with Gasteiger partial charge in [-0.3, -0.25) is 4.79 Å². The highest BCUT2D eigenvalue weighted by molar-refractivity contribution is 7.91. The van der Waals surface area contributed by atoms with Crippen molar-refractivity contribution in [2.75, 3.05) is 24.7 Å². The van der Waals surface area contributed by atoms with Gasteiger partial charge in [-0.05, 0) is 30.9 Å². The second-order valence-electron chi connectivity index (χ2n) is 6.41. The van der Waals surface area contributed by atoms with Crippen LogP contribution in [0.1, 0.15) is 25.3 Å². The van der Waals surface area contributed by atoms with Crippen LogP contribution in [-0.2, 0) is 21.1 Å². The Labute approximate surface area is 137 Å². The fraction of sp³-hybridized carbons (Fsp3) is 0.588. The highest BCUT2D eigenvalue weighted by atomic mass is 32.2. The highest BCUT2D eigenvalue weighted by Crippen LogP contribution is 2.29. The van der Waals surface area contributed by atoms with Crippen LogP contribution in [0.3, 0.4) is 0 Å². The summed E-state index contributed by atoms with van der Waals surface area (Å²) in [6, 6.07) is 7.60. The molecule has 126 valence electrons. The average Bonchev–Trinajstić information content (AvgIpc) is 2.91. The number of hydrogen-bond acceptors (Lipinski definition) is 4. The Hall–Kier alpha value is -1.56. The lowest BCUT2D eigenvalue weighted by Crippen LogP contribution is -2.47. The molecule has 0 radical (unpaired) electrons. The molecule has 2 aliphatic rings. The molecule has 2 heterocycles. The number of benzene rings is 1. The van der Waals surface area contributed by atoms with Crippen LogP contribution in [0.25, 0.3) is 0 Å². The van der Waals surface area contributed by atoms with Crippen LogP contribution in [0.2, 0.25) is 0 Å². The average molecular weight is 337 g/mol. The van der Waals surface area contributed by atoms with E-state index < -0.39 is 9.84 Å². The number of nitrogens with zero attached hydrogens (tertiary/aromatic N) is 1. The van der Waals surface area contributed by atoms with Crippen LogP contribution in [0.4, 0.5) is 0 Å². The Morgan fingerprint density at radius 2 is 2.13 bits per heavy atom. The fourth-order valence-corrected chi connectivity index (χ4v) is 5.19. The predicted molar refractivity (Wildman–Crippen MR) is 88.2 cm³/mol. The molecule has 0 aromatic heterocycles. The molecule has 0 bridgehead atoms. The molecule has 3 rings (SSSR count). The van der Waals surface area contributed by atoms with Gasteiger partial charge in [0.25, 0.3) is 0 Å². The first-order valence-corrected chi connectivity index (χ1v) is 10.0. The third-order valence-electron chi connectivity index (χ3n) is 4.62. The molecule has 1 saturated heterocycles. The summed E-state index contributed by atoms with van der Waals surface area (Å²) in [5.74, 6) is 0.947. The van der Waals surface area contributed by atoms with E-state index in [9.17, 15) is 13.2 Å². The molecule has 5 nitrogen and oxygen atoms in total. The van der Waals surface area contributed by atoms with Crippen LogP contribution in [0.5, 0.6) is 5.75 Å². The van der Waals surface area contributed by atoms with Gasteiger partial charge in [-0.15, -0.1) is 0 Å². The molecule has 0 N–H and O–H groups in total. The summed E-state index contributed by atoms with van der Waals surface area (Å²) < 4.78 is 29.2. The number of carbonyl (C=O) groups is 1. The third-order valence-corrected chi connectivity index (χ3v) is 6.38. The van der Waals surface area contributed by atoms with Crippen molar-refractivity contribution < 1.29 is 17.9 Å².